The number of nitrogens with zero attached hydrogens (tertiary/aromatic N) is 3. The molecule has 2 heterocycles. The quantitative estimate of drug-likeness (QED) is 0.574. The van der Waals surface area contributed by atoms with Crippen LogP contribution < -0.4 is 10.2 Å². The van der Waals surface area contributed by atoms with Crippen molar-refractivity contribution in [2.45, 2.75) is 71.9 Å². The first-order valence-corrected chi connectivity index (χ1v) is 12.9. The molecule has 0 radical (unpaired) electrons. The number of aromatic nitrogens is 1. The molecule has 0 bridgehead atoms. The topological polar surface area (TPSA) is 84.0 Å². The van der Waals surface area contributed by atoms with Crippen molar-refractivity contribution >= 4 is 29.3 Å². The number of aryl methyl sites for hydroxylation is 1. The molecule has 1 fully saturated rings. The fraction of sp³-hybridized carbons (Fsp3) is 0.536. The number of hydrogen-bond donors (Lipinski definition) is 1. The monoisotopic (exact) mass is 494 g/mol. The number of pyridine rings is 1. The van der Waals surface area contributed by atoms with Gasteiger partial charge in [-0.3, -0.25) is 4.79 Å². The number of carbonyl (C=O) groups is 2. The minimum atomic E-state index is -0.507. The number of amides is 1. The van der Waals surface area contributed by atoms with Crippen LogP contribution in [0.2, 0.25) is 0 Å². The van der Waals surface area contributed by atoms with E-state index in [-0.39, 0.29) is 24.5 Å². The van der Waals surface area contributed by atoms with Crippen LogP contribution in [0.5, 0.6) is 0 Å². The number of hydrogen-bond acceptors (Lipinski definition) is 7. The lowest BCUT2D eigenvalue weighted by atomic mass is 10.1. The van der Waals surface area contributed by atoms with Gasteiger partial charge < -0.3 is 24.6 Å². The first kappa shape index (κ1) is 25.8. The Morgan fingerprint density at radius 1 is 1.14 bits per heavy atom. The van der Waals surface area contributed by atoms with E-state index < -0.39 is 5.60 Å². The minimum Gasteiger partial charge on any atom is -0.466 e. The van der Waals surface area contributed by atoms with Crippen LogP contribution in [-0.4, -0.2) is 59.8 Å². The number of carbonyl (C=O) groups excluding carboxylic acids is 2. The van der Waals surface area contributed by atoms with E-state index in [1.165, 1.54) is 5.56 Å². The maximum atomic E-state index is 12.6. The zero-order chi connectivity index (χ0) is 25.9. The van der Waals surface area contributed by atoms with Crippen LogP contribution >= 0.6 is 0 Å². The molecule has 36 heavy (non-hydrogen) atoms. The molecule has 194 valence electrons. The lowest BCUT2D eigenvalue weighted by molar-refractivity contribution is -0.142. The maximum absolute atomic E-state index is 12.6. The van der Waals surface area contributed by atoms with Crippen molar-refractivity contribution in [1.82, 2.24) is 9.88 Å². The summed E-state index contributed by atoms with van der Waals surface area (Å²) in [6.45, 7) is 11.9. The zero-order valence-electron chi connectivity index (χ0n) is 22.1. The van der Waals surface area contributed by atoms with Gasteiger partial charge in [0, 0.05) is 48.8 Å². The zero-order valence-corrected chi connectivity index (χ0v) is 22.1. The van der Waals surface area contributed by atoms with Gasteiger partial charge >= 0.3 is 12.1 Å². The van der Waals surface area contributed by atoms with E-state index in [2.05, 4.69) is 23.2 Å². The molecule has 0 spiro atoms. The molecule has 8 heteroatoms. The fourth-order valence-corrected chi connectivity index (χ4v) is 4.80. The van der Waals surface area contributed by atoms with Gasteiger partial charge in [0.05, 0.1) is 13.0 Å². The van der Waals surface area contributed by atoms with E-state index >= 15 is 0 Å². The van der Waals surface area contributed by atoms with Gasteiger partial charge in [0.15, 0.2) is 0 Å². The number of esters is 1. The average molecular weight is 495 g/mol. The van der Waals surface area contributed by atoms with E-state index in [9.17, 15) is 9.59 Å². The van der Waals surface area contributed by atoms with Crippen molar-refractivity contribution in [3.63, 3.8) is 0 Å². The number of anilines is 3. The molecule has 1 aliphatic carbocycles. The number of rotatable bonds is 6. The largest absolute Gasteiger partial charge is 0.466 e. The molecule has 1 saturated heterocycles. The number of nitrogens with one attached hydrogen (secondary N) is 1. The Morgan fingerprint density at radius 2 is 1.89 bits per heavy atom. The van der Waals surface area contributed by atoms with Crippen LogP contribution in [0, 0.1) is 0 Å². The summed E-state index contributed by atoms with van der Waals surface area (Å²) in [6.07, 6.45) is 3.10. The molecule has 1 atom stereocenters. The van der Waals surface area contributed by atoms with Crippen LogP contribution in [0.25, 0.3) is 0 Å². The van der Waals surface area contributed by atoms with E-state index in [0.29, 0.717) is 26.2 Å². The summed E-state index contributed by atoms with van der Waals surface area (Å²) < 4.78 is 10.6. The van der Waals surface area contributed by atoms with Gasteiger partial charge in [0.2, 0.25) is 0 Å². The second-order valence-corrected chi connectivity index (χ2v) is 10.6. The summed E-state index contributed by atoms with van der Waals surface area (Å²) >= 11 is 0. The Balaban J connectivity index is 1.47. The lowest BCUT2D eigenvalue weighted by Crippen LogP contribution is -2.55. The fourth-order valence-electron chi connectivity index (χ4n) is 4.80. The van der Waals surface area contributed by atoms with Crippen LogP contribution in [0.3, 0.4) is 0 Å². The molecule has 2 aromatic rings. The van der Waals surface area contributed by atoms with Gasteiger partial charge in [0.1, 0.15) is 11.4 Å². The van der Waals surface area contributed by atoms with Crippen molar-refractivity contribution in [3.05, 3.63) is 47.2 Å². The second kappa shape index (κ2) is 10.8. The first-order valence-electron chi connectivity index (χ1n) is 12.9. The SMILES string of the molecule is CCOC(=O)Cc1ccc(Nc2cc(N3CCN(C(=O)OC(C)(C)C)[C@H](C)C3)nc3c2CCC3)cc1. The van der Waals surface area contributed by atoms with Crippen molar-refractivity contribution in [2.75, 3.05) is 36.5 Å². The standard InChI is InChI=1S/C28H38N4O4/c1-6-35-26(33)16-20-10-12-21(13-11-20)29-24-17-25(30-23-9-7-8-22(23)24)31-14-15-32(19(2)18-31)27(34)36-28(3,4)5/h10-13,17,19H,6-9,14-16,18H2,1-5H3,(H,29,30)/t19-/m1/s1. The smallest absolute Gasteiger partial charge is 0.410 e. The van der Waals surface area contributed by atoms with Gasteiger partial charge in [-0.15, -0.1) is 0 Å². The van der Waals surface area contributed by atoms with E-state index in [0.717, 1.165) is 47.7 Å². The van der Waals surface area contributed by atoms with Crippen LogP contribution in [-0.2, 0) is 33.5 Å². The number of ether oxygens (including phenoxy) is 2. The molecule has 2 aliphatic rings. The highest BCUT2D eigenvalue weighted by atomic mass is 16.6. The van der Waals surface area contributed by atoms with Gasteiger partial charge in [0.25, 0.3) is 0 Å². The molecule has 1 aromatic heterocycles. The maximum Gasteiger partial charge on any atom is 0.410 e. The normalized spacial score (nSPS) is 17.5. The summed E-state index contributed by atoms with van der Waals surface area (Å²) in [6, 6.07) is 10.1. The van der Waals surface area contributed by atoms with Crippen molar-refractivity contribution < 1.29 is 19.1 Å². The molecule has 1 amide bonds. The van der Waals surface area contributed by atoms with Crippen molar-refractivity contribution in [3.8, 4) is 0 Å². The predicted octanol–water partition coefficient (Wildman–Crippen LogP) is 4.87. The Morgan fingerprint density at radius 3 is 2.56 bits per heavy atom. The molecule has 4 rings (SSSR count). The van der Waals surface area contributed by atoms with Gasteiger partial charge in [-0.05, 0) is 77.1 Å². The Hall–Kier alpha value is -3.29. The Bertz CT molecular complexity index is 1090. The number of benzene rings is 1. The average Bonchev–Trinajstić information content (AvgIpc) is 3.28. The van der Waals surface area contributed by atoms with E-state index in [1.807, 2.05) is 56.9 Å². The molecule has 1 N–H and O–H groups in total. The van der Waals surface area contributed by atoms with E-state index in [4.69, 9.17) is 14.5 Å². The molecular weight excluding hydrogens is 456 g/mol. The molecule has 8 nitrogen and oxygen atoms in total. The van der Waals surface area contributed by atoms with Gasteiger partial charge in [-0.1, -0.05) is 12.1 Å². The molecule has 0 unspecified atom stereocenters. The molecule has 1 aliphatic heterocycles. The van der Waals surface area contributed by atoms with Gasteiger partial charge in [-0.25, -0.2) is 9.78 Å². The predicted molar refractivity (Wildman–Crippen MR) is 141 cm³/mol. The van der Waals surface area contributed by atoms with E-state index in [1.54, 1.807) is 0 Å². The second-order valence-electron chi connectivity index (χ2n) is 10.6. The number of piperazine rings is 1. The molecular formula is C28H38N4O4. The lowest BCUT2D eigenvalue weighted by Gasteiger charge is -2.41. The van der Waals surface area contributed by atoms with Crippen LogP contribution in [0.15, 0.2) is 30.3 Å². The summed E-state index contributed by atoms with van der Waals surface area (Å²) in [5.41, 5.74) is 4.89. The molecule has 1 aromatic carbocycles. The highest BCUT2D eigenvalue weighted by molar-refractivity contribution is 5.74. The molecule has 0 saturated carbocycles. The Kier molecular flexibility index (Phi) is 7.71. The summed E-state index contributed by atoms with van der Waals surface area (Å²) in [5.74, 6) is 0.726. The Labute approximate surface area is 214 Å². The minimum absolute atomic E-state index is 0.0204. The third kappa shape index (κ3) is 6.28. The summed E-state index contributed by atoms with van der Waals surface area (Å²) in [4.78, 5) is 33.5. The summed E-state index contributed by atoms with van der Waals surface area (Å²) in [5, 5.41) is 3.59. The van der Waals surface area contributed by atoms with Crippen LogP contribution in [0.4, 0.5) is 22.0 Å². The van der Waals surface area contributed by atoms with Crippen LogP contribution in [0.1, 0.15) is 57.9 Å². The first-order chi connectivity index (χ1) is 17.1. The third-order valence-electron chi connectivity index (χ3n) is 6.50. The van der Waals surface area contributed by atoms with Crippen molar-refractivity contribution in [1.29, 1.82) is 0 Å². The highest BCUT2D eigenvalue weighted by Gasteiger charge is 2.32. The highest BCUT2D eigenvalue weighted by Crippen LogP contribution is 2.34. The summed E-state index contributed by atoms with van der Waals surface area (Å²) in [7, 11) is 0. The number of fused-ring (bicyclic) bond motifs is 1. The van der Waals surface area contributed by atoms with Crippen molar-refractivity contribution in [2.24, 2.45) is 0 Å². The third-order valence-corrected chi connectivity index (χ3v) is 6.50. The van der Waals surface area contributed by atoms with Gasteiger partial charge in [-0.2, -0.15) is 0 Å².